The van der Waals surface area contributed by atoms with Crippen LogP contribution < -0.4 is 11.1 Å². The third-order valence-corrected chi connectivity index (χ3v) is 5.83. The van der Waals surface area contributed by atoms with Crippen molar-refractivity contribution in [2.75, 3.05) is 11.1 Å². The summed E-state index contributed by atoms with van der Waals surface area (Å²) in [4.78, 5) is 23.1. The zero-order valence-electron chi connectivity index (χ0n) is 19.6. The summed E-state index contributed by atoms with van der Waals surface area (Å²) in [6.45, 7) is 2.27. The van der Waals surface area contributed by atoms with Gasteiger partial charge in [0.1, 0.15) is 0 Å². The van der Waals surface area contributed by atoms with Gasteiger partial charge in [0.15, 0.2) is 0 Å². The number of carbonyl (C=O) groups is 2. The zero-order valence-corrected chi connectivity index (χ0v) is 19.6. The average Bonchev–Trinajstić information content (AvgIpc) is 2.74. The molecule has 0 bridgehead atoms. The van der Waals surface area contributed by atoms with E-state index >= 15 is 0 Å². The molecule has 31 heavy (non-hydrogen) atoms. The molecule has 5 nitrogen and oxygen atoms in total. The number of aromatic carboxylic acids is 1. The third-order valence-electron chi connectivity index (χ3n) is 5.83. The molecule has 0 aliphatic carbocycles. The lowest BCUT2D eigenvalue weighted by atomic mass is 10.0. The van der Waals surface area contributed by atoms with E-state index in [0.29, 0.717) is 17.8 Å². The van der Waals surface area contributed by atoms with Gasteiger partial charge in [-0.3, -0.25) is 4.79 Å². The number of benzene rings is 1. The summed E-state index contributed by atoms with van der Waals surface area (Å²) in [7, 11) is 0. The van der Waals surface area contributed by atoms with Gasteiger partial charge in [0, 0.05) is 6.42 Å². The molecule has 0 aliphatic rings. The molecule has 1 aromatic rings. The van der Waals surface area contributed by atoms with Crippen LogP contribution in [0.25, 0.3) is 0 Å². The molecular weight excluding hydrogens is 388 g/mol. The molecule has 0 saturated heterocycles. The fraction of sp³-hybridized carbons (Fsp3) is 0.692. The van der Waals surface area contributed by atoms with Crippen molar-refractivity contribution in [1.82, 2.24) is 0 Å². The first-order valence-electron chi connectivity index (χ1n) is 12.5. The normalized spacial score (nSPS) is 10.9. The van der Waals surface area contributed by atoms with Gasteiger partial charge in [0.05, 0.1) is 16.9 Å². The number of unbranched alkanes of at least 4 members (excludes halogenated alkanes) is 15. The van der Waals surface area contributed by atoms with E-state index in [1.54, 1.807) is 0 Å². The van der Waals surface area contributed by atoms with E-state index in [-0.39, 0.29) is 11.5 Å². The van der Waals surface area contributed by atoms with E-state index in [2.05, 4.69) is 12.2 Å². The second kappa shape index (κ2) is 17.6. The van der Waals surface area contributed by atoms with E-state index in [0.717, 1.165) is 12.8 Å². The second-order valence-electron chi connectivity index (χ2n) is 8.71. The summed E-state index contributed by atoms with van der Waals surface area (Å²) in [6, 6.07) is 4.35. The minimum Gasteiger partial charge on any atom is -0.478 e. The Morgan fingerprint density at radius 2 is 1.23 bits per heavy atom. The fourth-order valence-corrected chi connectivity index (χ4v) is 3.84. The topological polar surface area (TPSA) is 92.4 Å². The number of rotatable bonds is 19. The number of nitrogen functional groups attached to an aromatic ring is 1. The van der Waals surface area contributed by atoms with Crippen LogP contribution in [0.4, 0.5) is 11.4 Å². The van der Waals surface area contributed by atoms with Crippen molar-refractivity contribution in [3.63, 3.8) is 0 Å². The highest BCUT2D eigenvalue weighted by Crippen LogP contribution is 2.21. The average molecular weight is 433 g/mol. The van der Waals surface area contributed by atoms with Crippen molar-refractivity contribution >= 4 is 23.3 Å². The SMILES string of the molecule is CCCCCCCCCCCCCCCCCCC(=O)Nc1cc(C(=O)O)ccc1N. The van der Waals surface area contributed by atoms with Crippen LogP contribution >= 0.6 is 0 Å². The molecule has 0 fully saturated rings. The van der Waals surface area contributed by atoms with Crippen LogP contribution in [0.3, 0.4) is 0 Å². The zero-order chi connectivity index (χ0) is 22.7. The van der Waals surface area contributed by atoms with Gasteiger partial charge in [-0.2, -0.15) is 0 Å². The van der Waals surface area contributed by atoms with E-state index in [1.165, 1.54) is 108 Å². The number of nitrogens with two attached hydrogens (primary N) is 1. The molecule has 0 unspecified atom stereocenters. The Morgan fingerprint density at radius 3 is 1.68 bits per heavy atom. The maximum atomic E-state index is 12.1. The molecule has 0 heterocycles. The van der Waals surface area contributed by atoms with Gasteiger partial charge in [-0.1, -0.05) is 103 Å². The summed E-state index contributed by atoms with van der Waals surface area (Å²) < 4.78 is 0. The molecule has 4 N–H and O–H groups in total. The number of nitrogens with one attached hydrogen (secondary N) is 1. The lowest BCUT2D eigenvalue weighted by molar-refractivity contribution is -0.116. The van der Waals surface area contributed by atoms with Gasteiger partial charge in [-0.25, -0.2) is 4.79 Å². The number of anilines is 2. The van der Waals surface area contributed by atoms with Crippen LogP contribution in [0.5, 0.6) is 0 Å². The number of hydrogen-bond donors (Lipinski definition) is 3. The van der Waals surface area contributed by atoms with Gasteiger partial charge in [0.25, 0.3) is 0 Å². The molecule has 0 atom stereocenters. The Hall–Kier alpha value is -2.04. The number of amides is 1. The van der Waals surface area contributed by atoms with Crippen molar-refractivity contribution in [3.05, 3.63) is 23.8 Å². The first kappa shape index (κ1) is 27.0. The highest BCUT2D eigenvalue weighted by molar-refractivity contribution is 5.97. The maximum Gasteiger partial charge on any atom is 0.335 e. The first-order chi connectivity index (χ1) is 15.0. The predicted octanol–water partition coefficient (Wildman–Crippen LogP) is 7.56. The molecule has 0 radical (unpaired) electrons. The third kappa shape index (κ3) is 13.8. The highest BCUT2D eigenvalue weighted by atomic mass is 16.4. The second-order valence-corrected chi connectivity index (χ2v) is 8.71. The minimum absolute atomic E-state index is 0.111. The monoisotopic (exact) mass is 432 g/mol. The Morgan fingerprint density at radius 1 is 0.774 bits per heavy atom. The van der Waals surface area contributed by atoms with E-state index in [4.69, 9.17) is 10.8 Å². The minimum atomic E-state index is -1.03. The molecule has 5 heteroatoms. The van der Waals surface area contributed by atoms with E-state index in [9.17, 15) is 9.59 Å². The molecular formula is C26H44N2O3. The molecule has 0 spiro atoms. The van der Waals surface area contributed by atoms with Gasteiger partial charge in [-0.05, 0) is 24.6 Å². The first-order valence-corrected chi connectivity index (χ1v) is 12.5. The highest BCUT2D eigenvalue weighted by Gasteiger charge is 2.09. The van der Waals surface area contributed by atoms with Crippen LogP contribution in [0, 0.1) is 0 Å². The molecule has 1 rings (SSSR count). The molecule has 1 amide bonds. The van der Waals surface area contributed by atoms with Gasteiger partial charge in [0.2, 0.25) is 5.91 Å². The number of carbonyl (C=O) groups excluding carboxylic acids is 1. The molecule has 0 saturated carbocycles. The van der Waals surface area contributed by atoms with Crippen molar-refractivity contribution in [3.8, 4) is 0 Å². The number of carboxylic acid groups (broad SMARTS) is 1. The van der Waals surface area contributed by atoms with Crippen molar-refractivity contribution < 1.29 is 14.7 Å². The van der Waals surface area contributed by atoms with Gasteiger partial charge in [-0.15, -0.1) is 0 Å². The summed E-state index contributed by atoms with van der Waals surface area (Å²) in [5.74, 6) is -1.15. The van der Waals surface area contributed by atoms with E-state index in [1.807, 2.05) is 0 Å². The molecule has 1 aromatic carbocycles. The Balaban J connectivity index is 1.94. The quantitative estimate of drug-likeness (QED) is 0.155. The Bertz CT molecular complexity index is 631. The molecule has 0 aliphatic heterocycles. The summed E-state index contributed by atoms with van der Waals surface area (Å²) in [6.07, 6.45) is 21.3. The van der Waals surface area contributed by atoms with E-state index < -0.39 is 5.97 Å². The standard InChI is InChI=1S/C26H44N2O3/c1-2-3-4-5-6-7-8-9-10-11-12-13-14-15-16-17-18-25(29)28-24-21-22(26(30)31)19-20-23(24)27/h19-21H,2-18,27H2,1H3,(H,28,29)(H,30,31). The maximum absolute atomic E-state index is 12.1. The summed E-state index contributed by atoms with van der Waals surface area (Å²) in [5, 5.41) is 11.8. The Labute approximate surface area is 189 Å². The summed E-state index contributed by atoms with van der Waals surface area (Å²) >= 11 is 0. The van der Waals surface area contributed by atoms with Crippen LogP contribution in [-0.2, 0) is 4.79 Å². The van der Waals surface area contributed by atoms with Crippen molar-refractivity contribution in [2.24, 2.45) is 0 Å². The predicted molar refractivity (Wildman–Crippen MR) is 131 cm³/mol. The van der Waals surface area contributed by atoms with Crippen LogP contribution in [0.15, 0.2) is 18.2 Å². The van der Waals surface area contributed by atoms with Crippen molar-refractivity contribution in [2.45, 2.75) is 116 Å². The summed E-state index contributed by atoms with van der Waals surface area (Å²) in [5.41, 5.74) is 6.69. The lowest BCUT2D eigenvalue weighted by Gasteiger charge is -2.09. The molecule has 0 aromatic heterocycles. The smallest absolute Gasteiger partial charge is 0.335 e. The fourth-order valence-electron chi connectivity index (χ4n) is 3.84. The van der Waals surface area contributed by atoms with Gasteiger partial charge < -0.3 is 16.2 Å². The largest absolute Gasteiger partial charge is 0.478 e. The van der Waals surface area contributed by atoms with Crippen LogP contribution in [0.2, 0.25) is 0 Å². The lowest BCUT2D eigenvalue weighted by Crippen LogP contribution is -2.13. The van der Waals surface area contributed by atoms with Crippen molar-refractivity contribution in [1.29, 1.82) is 0 Å². The van der Waals surface area contributed by atoms with Crippen LogP contribution in [0.1, 0.15) is 126 Å². The van der Waals surface area contributed by atoms with Gasteiger partial charge >= 0.3 is 5.97 Å². The number of hydrogen-bond acceptors (Lipinski definition) is 3. The molecule has 176 valence electrons. The number of carboxylic acids is 1. The van der Waals surface area contributed by atoms with Crippen LogP contribution in [-0.4, -0.2) is 17.0 Å². The Kier molecular flexibility index (Phi) is 15.3.